The Bertz CT molecular complexity index is 400. The van der Waals surface area contributed by atoms with E-state index >= 15 is 0 Å². The highest BCUT2D eigenvalue weighted by molar-refractivity contribution is 5.73. The Morgan fingerprint density at radius 1 is 1.38 bits per heavy atom. The van der Waals surface area contributed by atoms with E-state index in [0.29, 0.717) is 0 Å². The molecule has 0 aliphatic rings. The number of hydrogen-bond donors (Lipinski definition) is 0. The van der Waals surface area contributed by atoms with Gasteiger partial charge in [0.25, 0.3) is 5.69 Å². The molecule has 0 heterocycles. The van der Waals surface area contributed by atoms with Crippen LogP contribution in [0.15, 0.2) is 24.3 Å². The van der Waals surface area contributed by atoms with E-state index in [1.165, 1.54) is 19.1 Å². The third-order valence-electron chi connectivity index (χ3n) is 2.66. The lowest BCUT2D eigenvalue weighted by Crippen LogP contribution is -2.27. The summed E-state index contributed by atoms with van der Waals surface area (Å²) >= 11 is 0. The Labute approximate surface area is 93.8 Å². The van der Waals surface area contributed by atoms with E-state index in [0.717, 1.165) is 5.56 Å². The Kier molecular flexibility index (Phi) is 3.60. The van der Waals surface area contributed by atoms with Crippen LogP contribution in [0.25, 0.3) is 0 Å². The van der Waals surface area contributed by atoms with Crippen molar-refractivity contribution >= 4 is 11.6 Å². The van der Waals surface area contributed by atoms with Gasteiger partial charge >= 0.3 is 0 Å². The first-order chi connectivity index (χ1) is 7.43. The van der Waals surface area contributed by atoms with Gasteiger partial charge in [0, 0.05) is 26.1 Å². The van der Waals surface area contributed by atoms with Gasteiger partial charge in [-0.25, -0.2) is 0 Å². The summed E-state index contributed by atoms with van der Waals surface area (Å²) in [6.07, 6.45) is 0. The molecule has 86 valence electrons. The maximum atomic E-state index is 11.2. The minimum absolute atomic E-state index is 0.0362. The van der Waals surface area contributed by atoms with Gasteiger partial charge in [0.15, 0.2) is 0 Å². The molecule has 0 N–H and O–H groups in total. The smallest absolute Gasteiger partial charge is 0.269 e. The van der Waals surface area contributed by atoms with Crippen LogP contribution in [0, 0.1) is 10.1 Å². The maximum Gasteiger partial charge on any atom is 0.269 e. The predicted molar refractivity (Wildman–Crippen MR) is 60.0 cm³/mol. The maximum absolute atomic E-state index is 11.2. The van der Waals surface area contributed by atoms with Crippen molar-refractivity contribution in [2.75, 3.05) is 7.05 Å². The van der Waals surface area contributed by atoms with Crippen molar-refractivity contribution < 1.29 is 9.72 Å². The average Bonchev–Trinajstić information content (AvgIpc) is 2.27. The SMILES string of the molecule is CC(=O)N(C)C(C)c1ccc([N+](=O)[O-])cc1. The fraction of sp³-hybridized carbons (Fsp3) is 0.364. The molecule has 16 heavy (non-hydrogen) atoms. The highest BCUT2D eigenvalue weighted by atomic mass is 16.6. The number of carbonyl (C=O) groups excluding carboxylic acids is 1. The second-order valence-electron chi connectivity index (χ2n) is 3.65. The normalized spacial score (nSPS) is 11.9. The molecule has 0 saturated carbocycles. The molecule has 1 unspecified atom stereocenters. The van der Waals surface area contributed by atoms with E-state index in [-0.39, 0.29) is 17.6 Å². The van der Waals surface area contributed by atoms with Crippen LogP contribution in [0.2, 0.25) is 0 Å². The average molecular weight is 222 g/mol. The van der Waals surface area contributed by atoms with Crippen LogP contribution in [-0.2, 0) is 4.79 Å². The lowest BCUT2D eigenvalue weighted by atomic mass is 10.1. The standard InChI is InChI=1S/C11H14N2O3/c1-8(12(3)9(2)14)10-4-6-11(7-5-10)13(15)16/h4-8H,1-3H3. The van der Waals surface area contributed by atoms with Crippen molar-refractivity contribution in [3.05, 3.63) is 39.9 Å². The summed E-state index contributed by atoms with van der Waals surface area (Å²) in [5.74, 6) is -0.0362. The summed E-state index contributed by atoms with van der Waals surface area (Å²) in [7, 11) is 1.70. The Hall–Kier alpha value is -1.91. The van der Waals surface area contributed by atoms with Crippen molar-refractivity contribution in [1.82, 2.24) is 4.90 Å². The first kappa shape index (κ1) is 12.2. The molecule has 5 heteroatoms. The van der Waals surface area contributed by atoms with Crippen LogP contribution in [0.1, 0.15) is 25.5 Å². The number of rotatable bonds is 3. The van der Waals surface area contributed by atoms with E-state index in [2.05, 4.69) is 0 Å². The molecular formula is C11H14N2O3. The number of nitro groups is 1. The molecule has 0 aromatic heterocycles. The number of benzene rings is 1. The fourth-order valence-electron chi connectivity index (χ4n) is 1.37. The lowest BCUT2D eigenvalue weighted by molar-refractivity contribution is -0.384. The van der Waals surface area contributed by atoms with Gasteiger partial charge in [0.1, 0.15) is 0 Å². The second kappa shape index (κ2) is 4.74. The Balaban J connectivity index is 2.89. The first-order valence-corrected chi connectivity index (χ1v) is 4.91. The van der Waals surface area contributed by atoms with Gasteiger partial charge in [0.2, 0.25) is 5.91 Å². The molecule has 0 saturated heterocycles. The van der Waals surface area contributed by atoms with Gasteiger partial charge in [0.05, 0.1) is 11.0 Å². The summed E-state index contributed by atoms with van der Waals surface area (Å²) < 4.78 is 0. The molecule has 0 bridgehead atoms. The number of hydrogen-bond acceptors (Lipinski definition) is 3. The van der Waals surface area contributed by atoms with Crippen molar-refractivity contribution in [3.63, 3.8) is 0 Å². The molecular weight excluding hydrogens is 208 g/mol. The summed E-state index contributed by atoms with van der Waals surface area (Å²) in [4.78, 5) is 22.8. The van der Waals surface area contributed by atoms with E-state index in [1.807, 2.05) is 6.92 Å². The molecule has 0 fully saturated rings. The summed E-state index contributed by atoms with van der Waals surface area (Å²) in [6, 6.07) is 6.14. The molecule has 0 spiro atoms. The van der Waals surface area contributed by atoms with Crippen LogP contribution in [0.3, 0.4) is 0 Å². The molecule has 1 aromatic rings. The Morgan fingerprint density at radius 3 is 2.25 bits per heavy atom. The van der Waals surface area contributed by atoms with Crippen molar-refractivity contribution in [3.8, 4) is 0 Å². The van der Waals surface area contributed by atoms with Crippen molar-refractivity contribution in [2.45, 2.75) is 19.9 Å². The number of non-ortho nitro benzene ring substituents is 1. The zero-order valence-electron chi connectivity index (χ0n) is 9.51. The van der Waals surface area contributed by atoms with Crippen LogP contribution < -0.4 is 0 Å². The molecule has 0 radical (unpaired) electrons. The van der Waals surface area contributed by atoms with Crippen molar-refractivity contribution in [1.29, 1.82) is 0 Å². The zero-order chi connectivity index (χ0) is 12.3. The minimum atomic E-state index is -0.441. The molecule has 1 atom stereocenters. The summed E-state index contributed by atoms with van der Waals surface area (Å²) in [5.41, 5.74) is 0.935. The van der Waals surface area contributed by atoms with E-state index in [1.54, 1.807) is 24.1 Å². The second-order valence-corrected chi connectivity index (χ2v) is 3.65. The van der Waals surface area contributed by atoms with Gasteiger partial charge < -0.3 is 4.90 Å². The molecule has 0 aliphatic carbocycles. The molecule has 0 aliphatic heterocycles. The van der Waals surface area contributed by atoms with Crippen LogP contribution in [-0.4, -0.2) is 22.8 Å². The van der Waals surface area contributed by atoms with E-state index < -0.39 is 4.92 Å². The van der Waals surface area contributed by atoms with E-state index in [4.69, 9.17) is 0 Å². The minimum Gasteiger partial charge on any atom is -0.339 e. The first-order valence-electron chi connectivity index (χ1n) is 4.91. The number of carbonyl (C=O) groups is 1. The molecule has 1 aromatic carbocycles. The third kappa shape index (κ3) is 2.56. The quantitative estimate of drug-likeness (QED) is 0.581. The fourth-order valence-corrected chi connectivity index (χ4v) is 1.37. The third-order valence-corrected chi connectivity index (χ3v) is 2.66. The molecule has 1 amide bonds. The highest BCUT2D eigenvalue weighted by Crippen LogP contribution is 2.21. The summed E-state index contributed by atoms with van der Waals surface area (Å²) in [5, 5.41) is 10.5. The number of amides is 1. The van der Waals surface area contributed by atoms with Gasteiger partial charge in [-0.05, 0) is 12.5 Å². The van der Waals surface area contributed by atoms with Gasteiger partial charge in [-0.1, -0.05) is 12.1 Å². The monoisotopic (exact) mass is 222 g/mol. The van der Waals surface area contributed by atoms with Gasteiger partial charge in [-0.15, -0.1) is 0 Å². The Morgan fingerprint density at radius 2 is 1.88 bits per heavy atom. The summed E-state index contributed by atoms with van der Waals surface area (Å²) in [6.45, 7) is 3.37. The van der Waals surface area contributed by atoms with Gasteiger partial charge in [-0.2, -0.15) is 0 Å². The zero-order valence-corrected chi connectivity index (χ0v) is 9.51. The number of nitrogens with zero attached hydrogens (tertiary/aromatic N) is 2. The number of nitro benzene ring substituents is 1. The molecule has 1 rings (SSSR count). The van der Waals surface area contributed by atoms with Crippen LogP contribution in [0.4, 0.5) is 5.69 Å². The molecule has 5 nitrogen and oxygen atoms in total. The topological polar surface area (TPSA) is 63.5 Å². The van der Waals surface area contributed by atoms with Crippen LogP contribution >= 0.6 is 0 Å². The van der Waals surface area contributed by atoms with Crippen LogP contribution in [0.5, 0.6) is 0 Å². The largest absolute Gasteiger partial charge is 0.339 e. The highest BCUT2D eigenvalue weighted by Gasteiger charge is 2.14. The van der Waals surface area contributed by atoms with E-state index in [9.17, 15) is 14.9 Å². The van der Waals surface area contributed by atoms with Gasteiger partial charge in [-0.3, -0.25) is 14.9 Å². The lowest BCUT2D eigenvalue weighted by Gasteiger charge is -2.23. The van der Waals surface area contributed by atoms with Crippen molar-refractivity contribution in [2.24, 2.45) is 0 Å². The predicted octanol–water partition coefficient (Wildman–Crippen LogP) is 2.13.